The molecule has 2 heterocycles. The molecule has 0 atom stereocenters. The normalized spacial score (nSPS) is 15.6. The molecule has 0 fully saturated rings. The van der Waals surface area contributed by atoms with Crippen LogP contribution in [-0.4, -0.2) is 15.6 Å². The lowest BCUT2D eigenvalue weighted by atomic mass is 10.0. The van der Waals surface area contributed by atoms with E-state index in [2.05, 4.69) is 29.9 Å². The van der Waals surface area contributed by atoms with Crippen LogP contribution in [0, 0.1) is 3.57 Å². The van der Waals surface area contributed by atoms with E-state index in [0.29, 0.717) is 9.39 Å². The molecule has 1 aliphatic heterocycles. The molecule has 0 saturated heterocycles. The Morgan fingerprint density at radius 1 is 1.43 bits per heavy atom. The second kappa shape index (κ2) is 5.12. The zero-order valence-electron chi connectivity index (χ0n) is 12.3. The van der Waals surface area contributed by atoms with Crippen LogP contribution in [-0.2, 0) is 12.8 Å². The van der Waals surface area contributed by atoms with Crippen molar-refractivity contribution in [3.05, 3.63) is 43.4 Å². The maximum absolute atomic E-state index is 12.1. The number of aryl methyl sites for hydroxylation is 1. The van der Waals surface area contributed by atoms with Gasteiger partial charge < -0.3 is 9.72 Å². The SMILES string of the molecule is CCc1nc(-c2cccc3c2OC(C)(C)C3)[nH]c(=O)c1I. The molecule has 1 aliphatic rings. The van der Waals surface area contributed by atoms with Gasteiger partial charge in [-0.05, 0) is 54.5 Å². The smallest absolute Gasteiger partial charge is 0.264 e. The van der Waals surface area contributed by atoms with Gasteiger partial charge in [0.2, 0.25) is 0 Å². The number of benzene rings is 1. The predicted octanol–water partition coefficient (Wildman–Crippen LogP) is 3.32. The van der Waals surface area contributed by atoms with Gasteiger partial charge in [-0.3, -0.25) is 4.79 Å². The van der Waals surface area contributed by atoms with Crippen LogP contribution in [0.5, 0.6) is 5.75 Å². The number of aromatic amines is 1. The Hall–Kier alpha value is -1.37. The largest absolute Gasteiger partial charge is 0.486 e. The Morgan fingerprint density at radius 2 is 2.19 bits per heavy atom. The topological polar surface area (TPSA) is 55.0 Å². The summed E-state index contributed by atoms with van der Waals surface area (Å²) in [7, 11) is 0. The van der Waals surface area contributed by atoms with Crippen molar-refractivity contribution in [1.82, 2.24) is 9.97 Å². The fourth-order valence-corrected chi connectivity index (χ4v) is 3.31. The number of nitrogens with zero attached hydrogens (tertiary/aromatic N) is 1. The molecule has 21 heavy (non-hydrogen) atoms. The first-order valence-corrected chi connectivity index (χ1v) is 8.09. The number of H-pyrrole nitrogens is 1. The van der Waals surface area contributed by atoms with Gasteiger partial charge in [-0.1, -0.05) is 19.1 Å². The standard InChI is InChI=1S/C16H17IN2O2/c1-4-11-12(17)15(20)19-14(18-11)10-7-5-6-9-8-16(2,3)21-13(9)10/h5-7H,4,8H2,1-3H3,(H,18,19,20). The first-order valence-electron chi connectivity index (χ1n) is 7.01. The van der Waals surface area contributed by atoms with E-state index in [9.17, 15) is 4.79 Å². The second-order valence-corrected chi connectivity index (χ2v) is 6.94. The number of halogens is 1. The molecule has 0 amide bonds. The van der Waals surface area contributed by atoms with Gasteiger partial charge in [-0.25, -0.2) is 4.98 Å². The molecule has 3 rings (SSSR count). The third-order valence-corrected chi connectivity index (χ3v) is 4.73. The van der Waals surface area contributed by atoms with Crippen LogP contribution < -0.4 is 10.3 Å². The highest BCUT2D eigenvalue weighted by atomic mass is 127. The van der Waals surface area contributed by atoms with Crippen LogP contribution >= 0.6 is 22.6 Å². The number of para-hydroxylation sites is 1. The van der Waals surface area contributed by atoms with E-state index >= 15 is 0 Å². The minimum Gasteiger partial charge on any atom is -0.486 e. The number of hydrogen-bond donors (Lipinski definition) is 1. The molecular weight excluding hydrogens is 379 g/mol. The van der Waals surface area contributed by atoms with E-state index in [4.69, 9.17) is 4.74 Å². The van der Waals surface area contributed by atoms with Crippen LogP contribution in [0.25, 0.3) is 11.4 Å². The van der Waals surface area contributed by atoms with Gasteiger partial charge in [-0.2, -0.15) is 0 Å². The molecule has 110 valence electrons. The van der Waals surface area contributed by atoms with Crippen molar-refractivity contribution in [3.63, 3.8) is 0 Å². The van der Waals surface area contributed by atoms with Crippen LogP contribution in [0.1, 0.15) is 32.0 Å². The van der Waals surface area contributed by atoms with Crippen LogP contribution in [0.15, 0.2) is 23.0 Å². The molecule has 0 unspecified atom stereocenters. The number of fused-ring (bicyclic) bond motifs is 1. The summed E-state index contributed by atoms with van der Waals surface area (Å²) < 4.78 is 6.72. The zero-order valence-corrected chi connectivity index (χ0v) is 14.4. The van der Waals surface area contributed by atoms with E-state index < -0.39 is 0 Å². The van der Waals surface area contributed by atoms with E-state index in [-0.39, 0.29) is 11.2 Å². The van der Waals surface area contributed by atoms with Crippen molar-refractivity contribution in [2.24, 2.45) is 0 Å². The maximum atomic E-state index is 12.1. The molecule has 0 spiro atoms. The van der Waals surface area contributed by atoms with Crippen molar-refractivity contribution >= 4 is 22.6 Å². The summed E-state index contributed by atoms with van der Waals surface area (Å²) in [6, 6.07) is 6.01. The predicted molar refractivity (Wildman–Crippen MR) is 90.8 cm³/mol. The summed E-state index contributed by atoms with van der Waals surface area (Å²) in [6.07, 6.45) is 1.60. The van der Waals surface area contributed by atoms with Crippen LogP contribution in [0.2, 0.25) is 0 Å². The lowest BCUT2D eigenvalue weighted by molar-refractivity contribution is 0.139. The summed E-state index contributed by atoms with van der Waals surface area (Å²) in [5.41, 5.74) is 2.55. The van der Waals surface area contributed by atoms with Crippen molar-refractivity contribution in [1.29, 1.82) is 0 Å². The highest BCUT2D eigenvalue weighted by Gasteiger charge is 2.32. The highest BCUT2D eigenvalue weighted by Crippen LogP contribution is 2.41. The fourth-order valence-electron chi connectivity index (χ4n) is 2.67. The van der Waals surface area contributed by atoms with Gasteiger partial charge in [-0.15, -0.1) is 0 Å². The first-order chi connectivity index (χ1) is 9.91. The van der Waals surface area contributed by atoms with E-state index in [1.54, 1.807) is 0 Å². The molecule has 1 aromatic carbocycles. The van der Waals surface area contributed by atoms with Crippen molar-refractivity contribution in [2.45, 2.75) is 39.2 Å². The Kier molecular flexibility index (Phi) is 3.55. The second-order valence-electron chi connectivity index (χ2n) is 5.86. The third-order valence-electron chi connectivity index (χ3n) is 3.61. The summed E-state index contributed by atoms with van der Waals surface area (Å²) in [6.45, 7) is 6.14. The first kappa shape index (κ1) is 14.6. The molecule has 0 saturated carbocycles. The van der Waals surface area contributed by atoms with Crippen LogP contribution in [0.3, 0.4) is 0 Å². The van der Waals surface area contributed by atoms with Gasteiger partial charge in [0.25, 0.3) is 5.56 Å². The molecule has 1 aromatic heterocycles. The average Bonchev–Trinajstić information content (AvgIpc) is 2.75. The van der Waals surface area contributed by atoms with Gasteiger partial charge >= 0.3 is 0 Å². The summed E-state index contributed by atoms with van der Waals surface area (Å²) in [5.74, 6) is 1.43. The van der Waals surface area contributed by atoms with E-state index in [1.807, 2.05) is 41.6 Å². The summed E-state index contributed by atoms with van der Waals surface area (Å²) >= 11 is 2.05. The molecule has 0 radical (unpaired) electrons. The number of ether oxygens (including phenoxy) is 1. The fraction of sp³-hybridized carbons (Fsp3) is 0.375. The Morgan fingerprint density at radius 3 is 2.90 bits per heavy atom. The van der Waals surface area contributed by atoms with E-state index in [0.717, 1.165) is 35.4 Å². The van der Waals surface area contributed by atoms with Crippen molar-refractivity contribution < 1.29 is 4.74 Å². The lowest BCUT2D eigenvalue weighted by Crippen LogP contribution is -2.24. The highest BCUT2D eigenvalue weighted by molar-refractivity contribution is 14.1. The van der Waals surface area contributed by atoms with Gasteiger partial charge in [0.15, 0.2) is 0 Å². The quantitative estimate of drug-likeness (QED) is 0.793. The molecule has 0 aliphatic carbocycles. The van der Waals surface area contributed by atoms with Gasteiger partial charge in [0.1, 0.15) is 17.2 Å². The zero-order chi connectivity index (χ0) is 15.2. The third kappa shape index (κ3) is 2.59. The van der Waals surface area contributed by atoms with Gasteiger partial charge in [0.05, 0.1) is 14.8 Å². The number of nitrogens with one attached hydrogen (secondary N) is 1. The number of rotatable bonds is 2. The number of aromatic nitrogens is 2. The Bertz CT molecular complexity index is 765. The lowest BCUT2D eigenvalue weighted by Gasteiger charge is -2.18. The van der Waals surface area contributed by atoms with Crippen molar-refractivity contribution in [3.8, 4) is 17.1 Å². The number of hydrogen-bond acceptors (Lipinski definition) is 3. The molecule has 4 nitrogen and oxygen atoms in total. The summed E-state index contributed by atoms with van der Waals surface area (Å²) in [5, 5.41) is 0. The average molecular weight is 396 g/mol. The monoisotopic (exact) mass is 396 g/mol. The summed E-state index contributed by atoms with van der Waals surface area (Å²) in [4.78, 5) is 19.6. The maximum Gasteiger partial charge on any atom is 0.264 e. The van der Waals surface area contributed by atoms with Crippen LogP contribution in [0.4, 0.5) is 0 Å². The molecule has 2 aromatic rings. The Labute approximate surface area is 137 Å². The molecule has 0 bridgehead atoms. The molecular formula is C16H17IN2O2. The Balaban J connectivity index is 2.18. The minimum atomic E-state index is -0.213. The molecule has 5 heteroatoms. The molecule has 1 N–H and O–H groups in total. The minimum absolute atomic E-state index is 0.0905. The van der Waals surface area contributed by atoms with Gasteiger partial charge in [0, 0.05) is 6.42 Å². The van der Waals surface area contributed by atoms with E-state index in [1.165, 1.54) is 0 Å². The van der Waals surface area contributed by atoms with Crippen molar-refractivity contribution in [2.75, 3.05) is 0 Å².